The van der Waals surface area contributed by atoms with Gasteiger partial charge in [0.15, 0.2) is 5.69 Å². The Morgan fingerprint density at radius 1 is 1.71 bits per heavy atom. The molecule has 1 fully saturated rings. The lowest BCUT2D eigenvalue weighted by Crippen LogP contribution is -2.45. The molecule has 5 heteroatoms. The fourth-order valence-electron chi connectivity index (χ4n) is 2.10. The largest absolute Gasteiger partial charge is 0.476 e. The maximum atomic E-state index is 11.1. The smallest absolute Gasteiger partial charge is 0.356 e. The predicted molar refractivity (Wildman–Crippen MR) is 63.4 cm³/mol. The third-order valence-electron chi connectivity index (χ3n) is 3.00. The summed E-state index contributed by atoms with van der Waals surface area (Å²) in [6.45, 7) is 4.06. The lowest BCUT2D eigenvalue weighted by atomic mass is 10.1. The zero-order valence-electron chi connectivity index (χ0n) is 9.80. The summed E-state index contributed by atoms with van der Waals surface area (Å²) in [4.78, 5) is 17.2. The molecule has 92 valence electrons. The highest BCUT2D eigenvalue weighted by atomic mass is 16.5. The molecule has 2 rings (SSSR count). The molecule has 1 N–H and O–H groups in total. The Hall–Kier alpha value is -1.62. The Morgan fingerprint density at radius 3 is 3.24 bits per heavy atom. The molecule has 1 aromatic heterocycles. The molecular formula is C12H16N2O3. The third kappa shape index (κ3) is 2.39. The first-order valence-corrected chi connectivity index (χ1v) is 5.76. The van der Waals surface area contributed by atoms with Crippen molar-refractivity contribution in [2.24, 2.45) is 0 Å². The molecule has 2 heterocycles. The lowest BCUT2D eigenvalue weighted by Gasteiger charge is -2.37. The molecule has 1 aliphatic rings. The van der Waals surface area contributed by atoms with Crippen LogP contribution in [0.25, 0.3) is 0 Å². The minimum Gasteiger partial charge on any atom is -0.476 e. The van der Waals surface area contributed by atoms with Gasteiger partial charge in [0.25, 0.3) is 0 Å². The first-order chi connectivity index (χ1) is 8.24. The summed E-state index contributed by atoms with van der Waals surface area (Å²) in [5.41, 5.74) is 0.808. The Labute approximate surface area is 100 Å². The number of carbonyl (C=O) groups is 1. The molecular weight excluding hydrogens is 220 g/mol. The van der Waals surface area contributed by atoms with Crippen LogP contribution in [-0.4, -0.2) is 41.9 Å². The molecule has 5 nitrogen and oxygen atoms in total. The number of rotatable bonds is 3. The first-order valence-electron chi connectivity index (χ1n) is 5.76. The van der Waals surface area contributed by atoms with Crippen molar-refractivity contribution in [3.05, 3.63) is 24.0 Å². The van der Waals surface area contributed by atoms with Crippen molar-refractivity contribution in [2.75, 3.05) is 24.7 Å². The van der Waals surface area contributed by atoms with Gasteiger partial charge < -0.3 is 14.7 Å². The number of carboxylic acids is 1. The van der Waals surface area contributed by atoms with Gasteiger partial charge in [0.1, 0.15) is 0 Å². The van der Waals surface area contributed by atoms with Crippen molar-refractivity contribution >= 4 is 11.7 Å². The van der Waals surface area contributed by atoms with Crippen LogP contribution in [0.2, 0.25) is 0 Å². The van der Waals surface area contributed by atoms with E-state index in [1.54, 1.807) is 6.07 Å². The molecule has 0 amide bonds. The van der Waals surface area contributed by atoms with Crippen LogP contribution in [0.15, 0.2) is 18.3 Å². The Balaban J connectivity index is 2.34. The average Bonchev–Trinajstić information content (AvgIpc) is 2.38. The van der Waals surface area contributed by atoms with Gasteiger partial charge in [-0.25, -0.2) is 9.78 Å². The van der Waals surface area contributed by atoms with Crippen molar-refractivity contribution in [1.29, 1.82) is 0 Å². The van der Waals surface area contributed by atoms with Crippen molar-refractivity contribution < 1.29 is 14.6 Å². The van der Waals surface area contributed by atoms with Gasteiger partial charge in [-0.3, -0.25) is 0 Å². The summed E-state index contributed by atoms with van der Waals surface area (Å²) in [6.07, 6.45) is 2.43. The lowest BCUT2D eigenvalue weighted by molar-refractivity contribution is 0.0687. The summed E-state index contributed by atoms with van der Waals surface area (Å²) in [5, 5.41) is 9.13. The molecule has 1 unspecified atom stereocenters. The summed E-state index contributed by atoms with van der Waals surface area (Å²) < 4.78 is 5.42. The van der Waals surface area contributed by atoms with Gasteiger partial charge in [-0.2, -0.15) is 0 Å². The van der Waals surface area contributed by atoms with Gasteiger partial charge in [0.05, 0.1) is 24.9 Å². The SMILES string of the molecule is CCC1COCCN1c1cccnc1C(=O)O. The molecule has 17 heavy (non-hydrogen) atoms. The van der Waals surface area contributed by atoms with Crippen LogP contribution in [0.3, 0.4) is 0 Å². The zero-order chi connectivity index (χ0) is 12.3. The van der Waals surface area contributed by atoms with Crippen LogP contribution in [0.1, 0.15) is 23.8 Å². The third-order valence-corrected chi connectivity index (χ3v) is 3.00. The second kappa shape index (κ2) is 5.14. The zero-order valence-corrected chi connectivity index (χ0v) is 9.80. The molecule has 1 saturated heterocycles. The number of aromatic carboxylic acids is 1. The normalized spacial score (nSPS) is 20.3. The van der Waals surface area contributed by atoms with E-state index in [4.69, 9.17) is 9.84 Å². The molecule has 0 aliphatic carbocycles. The summed E-state index contributed by atoms with van der Waals surface area (Å²) in [5.74, 6) is -0.984. The summed E-state index contributed by atoms with van der Waals surface area (Å²) in [6, 6.07) is 3.81. The van der Waals surface area contributed by atoms with Crippen LogP contribution in [0, 0.1) is 0 Å². The number of carboxylic acid groups (broad SMARTS) is 1. The quantitative estimate of drug-likeness (QED) is 0.859. The van der Waals surface area contributed by atoms with Gasteiger partial charge in [0.2, 0.25) is 0 Å². The predicted octanol–water partition coefficient (Wildman–Crippen LogP) is 1.40. The van der Waals surface area contributed by atoms with E-state index in [9.17, 15) is 4.79 Å². The number of morpholine rings is 1. The van der Waals surface area contributed by atoms with E-state index >= 15 is 0 Å². The van der Waals surface area contributed by atoms with Crippen molar-refractivity contribution in [2.45, 2.75) is 19.4 Å². The maximum absolute atomic E-state index is 11.1. The minimum atomic E-state index is -0.984. The topological polar surface area (TPSA) is 62.7 Å². The number of hydrogen-bond acceptors (Lipinski definition) is 4. The molecule has 0 saturated carbocycles. The highest BCUT2D eigenvalue weighted by molar-refractivity contribution is 5.92. The Bertz CT molecular complexity index is 408. The number of pyridine rings is 1. The van der Waals surface area contributed by atoms with E-state index in [1.165, 1.54) is 6.20 Å². The minimum absolute atomic E-state index is 0.118. The second-order valence-electron chi connectivity index (χ2n) is 4.01. The van der Waals surface area contributed by atoms with Gasteiger partial charge in [-0.15, -0.1) is 0 Å². The van der Waals surface area contributed by atoms with E-state index < -0.39 is 5.97 Å². The van der Waals surface area contributed by atoms with Gasteiger partial charge in [0, 0.05) is 12.7 Å². The summed E-state index contributed by atoms with van der Waals surface area (Å²) >= 11 is 0. The molecule has 0 aromatic carbocycles. The summed E-state index contributed by atoms with van der Waals surface area (Å²) in [7, 11) is 0. The van der Waals surface area contributed by atoms with E-state index in [0.29, 0.717) is 25.4 Å². The van der Waals surface area contributed by atoms with Crippen molar-refractivity contribution in [3.63, 3.8) is 0 Å². The monoisotopic (exact) mass is 236 g/mol. The number of ether oxygens (including phenoxy) is 1. The molecule has 0 radical (unpaired) electrons. The van der Waals surface area contributed by atoms with E-state index in [2.05, 4.69) is 16.8 Å². The van der Waals surface area contributed by atoms with Gasteiger partial charge >= 0.3 is 5.97 Å². The van der Waals surface area contributed by atoms with Crippen LogP contribution in [0.4, 0.5) is 5.69 Å². The highest BCUT2D eigenvalue weighted by Crippen LogP contribution is 2.24. The molecule has 0 bridgehead atoms. The molecule has 0 spiro atoms. The average molecular weight is 236 g/mol. The fraction of sp³-hybridized carbons (Fsp3) is 0.500. The second-order valence-corrected chi connectivity index (χ2v) is 4.01. The van der Waals surface area contributed by atoms with Gasteiger partial charge in [-0.05, 0) is 18.6 Å². The van der Waals surface area contributed by atoms with Crippen molar-refractivity contribution in [1.82, 2.24) is 4.98 Å². The number of nitrogens with zero attached hydrogens (tertiary/aromatic N) is 2. The number of hydrogen-bond donors (Lipinski definition) is 1. The number of aromatic nitrogens is 1. The molecule has 1 aliphatic heterocycles. The van der Waals surface area contributed by atoms with Crippen LogP contribution in [0.5, 0.6) is 0 Å². The number of anilines is 1. The van der Waals surface area contributed by atoms with Crippen LogP contribution >= 0.6 is 0 Å². The van der Waals surface area contributed by atoms with E-state index in [1.807, 2.05) is 6.07 Å². The highest BCUT2D eigenvalue weighted by Gasteiger charge is 2.25. The van der Waals surface area contributed by atoms with E-state index in [0.717, 1.165) is 6.42 Å². The first kappa shape index (κ1) is 11.9. The molecule has 1 atom stereocenters. The maximum Gasteiger partial charge on any atom is 0.356 e. The molecule has 1 aromatic rings. The van der Waals surface area contributed by atoms with Crippen molar-refractivity contribution in [3.8, 4) is 0 Å². The van der Waals surface area contributed by atoms with Crippen LogP contribution in [-0.2, 0) is 4.74 Å². The van der Waals surface area contributed by atoms with Gasteiger partial charge in [-0.1, -0.05) is 6.92 Å². The van der Waals surface area contributed by atoms with Crippen LogP contribution < -0.4 is 4.90 Å². The Kier molecular flexibility index (Phi) is 3.58. The fourth-order valence-corrected chi connectivity index (χ4v) is 2.10. The Morgan fingerprint density at radius 2 is 2.53 bits per heavy atom. The van der Waals surface area contributed by atoms with E-state index in [-0.39, 0.29) is 11.7 Å². The standard InChI is InChI=1S/C12H16N2O3/c1-2-9-8-17-7-6-14(9)10-4-3-5-13-11(10)12(15)16/h3-5,9H,2,6-8H2,1H3,(H,15,16).